The number of nitrogens with zero attached hydrogens (tertiary/aromatic N) is 2. The van der Waals surface area contributed by atoms with E-state index in [1.807, 2.05) is 0 Å². The minimum absolute atomic E-state index is 0.144. The molecule has 0 bridgehead atoms. The van der Waals surface area contributed by atoms with Crippen LogP contribution in [0.15, 0.2) is 0 Å². The van der Waals surface area contributed by atoms with Crippen LogP contribution >= 0.6 is 0 Å². The maximum atomic E-state index is 11.7. The summed E-state index contributed by atoms with van der Waals surface area (Å²) in [4.78, 5) is 22.9. The lowest BCUT2D eigenvalue weighted by Gasteiger charge is -2.11. The summed E-state index contributed by atoms with van der Waals surface area (Å²) >= 11 is 0. The lowest BCUT2D eigenvalue weighted by atomic mass is 10.1. The number of nitrogens with one attached hydrogen (secondary N) is 1. The zero-order valence-corrected chi connectivity index (χ0v) is 9.40. The highest BCUT2D eigenvalue weighted by Crippen LogP contribution is 2.33. The average Bonchev–Trinajstić information content (AvgIpc) is 2.85. The van der Waals surface area contributed by atoms with Crippen LogP contribution in [0.4, 0.5) is 5.82 Å². The number of aromatic nitrogens is 2. The minimum Gasteiger partial charge on any atom is -0.383 e. The van der Waals surface area contributed by atoms with Crippen LogP contribution in [0.1, 0.15) is 47.8 Å². The van der Waals surface area contributed by atoms with Gasteiger partial charge in [0.25, 0.3) is 5.91 Å². The van der Waals surface area contributed by atoms with Gasteiger partial charge in [-0.15, -0.1) is 0 Å². The molecule has 0 saturated heterocycles. The number of amides is 2. The van der Waals surface area contributed by atoms with Gasteiger partial charge in [-0.1, -0.05) is 12.8 Å². The van der Waals surface area contributed by atoms with Crippen LogP contribution in [0.3, 0.4) is 0 Å². The topological polar surface area (TPSA) is 90.0 Å². The van der Waals surface area contributed by atoms with E-state index in [2.05, 4.69) is 10.4 Å². The molecule has 1 aliphatic heterocycles. The number of fused-ring (bicyclic) bond motifs is 1. The smallest absolute Gasteiger partial charge is 0.263 e. The normalized spacial score (nSPS) is 20.5. The predicted molar refractivity (Wildman–Crippen MR) is 60.3 cm³/mol. The fraction of sp³-hybridized carbons (Fsp3) is 0.545. The van der Waals surface area contributed by atoms with Gasteiger partial charge in [-0.25, -0.2) is 4.68 Å². The number of imide groups is 1. The molecular weight excluding hydrogens is 220 g/mol. The number of hydrogen-bond donors (Lipinski definition) is 2. The Kier molecular flexibility index (Phi) is 2.17. The zero-order chi connectivity index (χ0) is 12.0. The highest BCUT2D eigenvalue weighted by Gasteiger charge is 2.31. The molecule has 1 fully saturated rings. The van der Waals surface area contributed by atoms with Gasteiger partial charge in [-0.05, 0) is 12.8 Å². The molecular formula is C11H14N4O2. The van der Waals surface area contributed by atoms with Crippen molar-refractivity contribution in [1.29, 1.82) is 0 Å². The Morgan fingerprint density at radius 2 is 2.00 bits per heavy atom. The van der Waals surface area contributed by atoms with Gasteiger partial charge in [0.1, 0.15) is 11.4 Å². The number of hydrogen-bond acceptors (Lipinski definition) is 4. The Hall–Kier alpha value is -1.85. The van der Waals surface area contributed by atoms with Crippen LogP contribution in [0.2, 0.25) is 0 Å². The summed E-state index contributed by atoms with van der Waals surface area (Å²) in [6.07, 6.45) is 4.56. The highest BCUT2D eigenvalue weighted by molar-refractivity contribution is 6.11. The summed E-state index contributed by atoms with van der Waals surface area (Å²) in [5.41, 5.74) is 6.87. The number of carbonyl (C=O) groups excluding carboxylic acids is 2. The molecule has 1 aromatic rings. The largest absolute Gasteiger partial charge is 0.383 e. The maximum absolute atomic E-state index is 11.7. The van der Waals surface area contributed by atoms with Gasteiger partial charge in [0.15, 0.2) is 0 Å². The van der Waals surface area contributed by atoms with E-state index in [0.717, 1.165) is 12.8 Å². The molecule has 1 saturated carbocycles. The van der Waals surface area contributed by atoms with Crippen molar-refractivity contribution in [3.05, 3.63) is 11.3 Å². The molecule has 2 aliphatic rings. The van der Waals surface area contributed by atoms with E-state index < -0.39 is 5.91 Å². The van der Waals surface area contributed by atoms with Gasteiger partial charge >= 0.3 is 0 Å². The van der Waals surface area contributed by atoms with Crippen molar-refractivity contribution >= 4 is 17.6 Å². The average molecular weight is 234 g/mol. The zero-order valence-electron chi connectivity index (χ0n) is 9.40. The molecule has 3 rings (SSSR count). The van der Waals surface area contributed by atoms with E-state index in [0.29, 0.717) is 17.1 Å². The van der Waals surface area contributed by atoms with Crippen molar-refractivity contribution < 1.29 is 9.59 Å². The Balaban J connectivity index is 2.05. The molecule has 2 heterocycles. The third kappa shape index (κ3) is 1.51. The van der Waals surface area contributed by atoms with Gasteiger partial charge < -0.3 is 5.73 Å². The van der Waals surface area contributed by atoms with Crippen LogP contribution in [0.25, 0.3) is 0 Å². The minimum atomic E-state index is -0.419. The van der Waals surface area contributed by atoms with E-state index in [9.17, 15) is 9.59 Å². The molecule has 6 heteroatoms. The van der Waals surface area contributed by atoms with Gasteiger partial charge in [-0.3, -0.25) is 14.9 Å². The van der Waals surface area contributed by atoms with E-state index in [1.54, 1.807) is 4.68 Å². The van der Waals surface area contributed by atoms with Crippen molar-refractivity contribution in [2.75, 3.05) is 5.73 Å². The number of rotatable bonds is 1. The fourth-order valence-corrected chi connectivity index (χ4v) is 2.68. The third-order valence-electron chi connectivity index (χ3n) is 3.50. The Morgan fingerprint density at radius 1 is 1.29 bits per heavy atom. The van der Waals surface area contributed by atoms with Crippen molar-refractivity contribution in [2.45, 2.75) is 38.1 Å². The summed E-state index contributed by atoms with van der Waals surface area (Å²) in [6.45, 7) is 0. The van der Waals surface area contributed by atoms with E-state index in [-0.39, 0.29) is 18.4 Å². The van der Waals surface area contributed by atoms with Crippen LogP contribution in [-0.4, -0.2) is 21.6 Å². The summed E-state index contributed by atoms with van der Waals surface area (Å²) in [5.74, 6) is -0.325. The van der Waals surface area contributed by atoms with Gasteiger partial charge in [0, 0.05) is 0 Å². The van der Waals surface area contributed by atoms with Crippen molar-refractivity contribution in [3.8, 4) is 0 Å². The second kappa shape index (κ2) is 3.58. The first-order valence-electron chi connectivity index (χ1n) is 5.88. The molecule has 1 aliphatic carbocycles. The molecule has 3 N–H and O–H groups in total. The summed E-state index contributed by atoms with van der Waals surface area (Å²) in [6, 6.07) is 0.281. The first kappa shape index (κ1) is 10.3. The van der Waals surface area contributed by atoms with E-state index in [1.165, 1.54) is 12.8 Å². The molecule has 0 radical (unpaired) electrons. The molecule has 17 heavy (non-hydrogen) atoms. The standard InChI is InChI=1S/C11H14N4O2/c12-10-9-7(5-8(16)13-11(9)17)14-15(10)6-3-1-2-4-6/h6H,1-5,12H2,(H,13,16,17). The third-order valence-corrected chi connectivity index (χ3v) is 3.50. The Labute approximate surface area is 98.2 Å². The van der Waals surface area contributed by atoms with Crippen molar-refractivity contribution in [2.24, 2.45) is 0 Å². The molecule has 90 valence electrons. The Morgan fingerprint density at radius 3 is 2.71 bits per heavy atom. The van der Waals surface area contributed by atoms with Crippen LogP contribution in [0.5, 0.6) is 0 Å². The summed E-state index contributed by atoms with van der Waals surface area (Å²) in [5, 5.41) is 6.61. The lowest BCUT2D eigenvalue weighted by Crippen LogP contribution is -2.37. The summed E-state index contributed by atoms with van der Waals surface area (Å²) in [7, 11) is 0. The first-order valence-corrected chi connectivity index (χ1v) is 5.88. The lowest BCUT2D eigenvalue weighted by molar-refractivity contribution is -0.119. The van der Waals surface area contributed by atoms with Crippen LogP contribution < -0.4 is 11.1 Å². The van der Waals surface area contributed by atoms with Crippen LogP contribution in [0, 0.1) is 0 Å². The monoisotopic (exact) mass is 234 g/mol. The van der Waals surface area contributed by atoms with Crippen molar-refractivity contribution in [3.63, 3.8) is 0 Å². The number of nitrogens with two attached hydrogens (primary N) is 1. The molecule has 0 atom stereocenters. The molecule has 0 unspecified atom stereocenters. The molecule has 2 amide bonds. The first-order chi connectivity index (χ1) is 8.16. The quantitative estimate of drug-likeness (QED) is 0.688. The molecule has 0 aromatic carbocycles. The molecule has 1 aromatic heterocycles. The van der Waals surface area contributed by atoms with Gasteiger partial charge in [0.2, 0.25) is 5.91 Å². The van der Waals surface area contributed by atoms with E-state index >= 15 is 0 Å². The van der Waals surface area contributed by atoms with Gasteiger partial charge in [0.05, 0.1) is 18.2 Å². The molecule has 6 nitrogen and oxygen atoms in total. The predicted octanol–water partition coefficient (Wildman–Crippen LogP) is 0.393. The van der Waals surface area contributed by atoms with E-state index in [4.69, 9.17) is 5.73 Å². The maximum Gasteiger partial charge on any atom is 0.263 e. The SMILES string of the molecule is Nc1c2c(nn1C1CCCC1)CC(=O)NC2=O. The second-order valence-corrected chi connectivity index (χ2v) is 4.64. The second-order valence-electron chi connectivity index (χ2n) is 4.64. The Bertz CT molecular complexity index is 500. The van der Waals surface area contributed by atoms with Gasteiger partial charge in [-0.2, -0.15) is 5.10 Å². The molecule has 0 spiro atoms. The number of nitrogen functional groups attached to an aromatic ring is 1. The van der Waals surface area contributed by atoms with Crippen LogP contribution in [-0.2, 0) is 11.2 Å². The number of carbonyl (C=O) groups is 2. The summed E-state index contributed by atoms with van der Waals surface area (Å²) < 4.78 is 1.73. The van der Waals surface area contributed by atoms with Crippen molar-refractivity contribution in [1.82, 2.24) is 15.1 Å². The number of anilines is 1. The fourth-order valence-electron chi connectivity index (χ4n) is 2.68. The highest BCUT2D eigenvalue weighted by atomic mass is 16.2.